The Labute approximate surface area is 189 Å². The zero-order valence-electron chi connectivity index (χ0n) is 17.6. The molecule has 1 fully saturated rings. The van der Waals surface area contributed by atoms with Crippen LogP contribution in [0, 0.1) is 6.92 Å². The maximum atomic E-state index is 13.1. The van der Waals surface area contributed by atoms with E-state index >= 15 is 0 Å². The quantitative estimate of drug-likeness (QED) is 0.517. The average Bonchev–Trinajstić information content (AvgIpc) is 3.44. The summed E-state index contributed by atoms with van der Waals surface area (Å²) in [5.74, 6) is -1.06. The SMILES string of the molecule is Cc1cc(NC(=O)c2ccco2)sc1C(=O)Nc1cc(C(N)=O)ccc1N1CCCCC1. The summed E-state index contributed by atoms with van der Waals surface area (Å²) in [4.78, 5) is 39.7. The normalized spacial score (nSPS) is 13.6. The van der Waals surface area contributed by atoms with Crippen molar-refractivity contribution in [3.63, 3.8) is 0 Å². The number of carbonyl (C=O) groups excluding carboxylic acids is 3. The molecule has 1 aliphatic heterocycles. The highest BCUT2D eigenvalue weighted by Gasteiger charge is 2.21. The van der Waals surface area contributed by atoms with Crippen LogP contribution in [0.2, 0.25) is 0 Å². The lowest BCUT2D eigenvalue weighted by atomic mass is 10.1. The third-order valence-electron chi connectivity index (χ3n) is 5.33. The summed E-state index contributed by atoms with van der Waals surface area (Å²) >= 11 is 1.17. The molecule has 4 N–H and O–H groups in total. The molecule has 1 aromatic carbocycles. The Kier molecular flexibility index (Phi) is 6.27. The minimum absolute atomic E-state index is 0.191. The third kappa shape index (κ3) is 4.67. The molecule has 0 unspecified atom stereocenters. The molecule has 3 aromatic rings. The van der Waals surface area contributed by atoms with Gasteiger partial charge in [0.05, 0.1) is 27.5 Å². The topological polar surface area (TPSA) is 118 Å². The van der Waals surface area contributed by atoms with Crippen LogP contribution in [0.5, 0.6) is 0 Å². The number of hydrogen-bond donors (Lipinski definition) is 3. The molecule has 2 aromatic heterocycles. The second-order valence-corrected chi connectivity index (χ2v) is 8.70. The highest BCUT2D eigenvalue weighted by molar-refractivity contribution is 7.18. The number of hydrogen-bond acceptors (Lipinski definition) is 6. The number of piperidine rings is 1. The Bertz CT molecular complexity index is 1150. The average molecular weight is 453 g/mol. The molecule has 9 heteroatoms. The fourth-order valence-electron chi connectivity index (χ4n) is 3.73. The predicted octanol–water partition coefficient (Wildman–Crippen LogP) is 4.24. The van der Waals surface area contributed by atoms with E-state index in [2.05, 4.69) is 15.5 Å². The van der Waals surface area contributed by atoms with Crippen LogP contribution in [0.1, 0.15) is 55.4 Å². The van der Waals surface area contributed by atoms with Crippen molar-refractivity contribution in [2.75, 3.05) is 28.6 Å². The highest BCUT2D eigenvalue weighted by atomic mass is 32.1. The maximum absolute atomic E-state index is 13.1. The lowest BCUT2D eigenvalue weighted by molar-refractivity contribution is 0.0990. The maximum Gasteiger partial charge on any atom is 0.291 e. The lowest BCUT2D eigenvalue weighted by Crippen LogP contribution is -2.30. The standard InChI is InChI=1S/C23H24N4O4S/c1-14-12-19(26-22(29)18-6-5-11-31-18)32-20(14)23(30)25-16-13-15(21(24)28)7-8-17(16)27-9-3-2-4-10-27/h5-8,11-13H,2-4,9-10H2,1H3,(H2,24,28)(H,25,30)(H,26,29). The summed E-state index contributed by atoms with van der Waals surface area (Å²) in [5, 5.41) is 6.23. The van der Waals surface area contributed by atoms with Crippen molar-refractivity contribution in [2.24, 2.45) is 5.73 Å². The Balaban J connectivity index is 1.56. The van der Waals surface area contributed by atoms with Gasteiger partial charge in [0.1, 0.15) is 0 Å². The highest BCUT2D eigenvalue weighted by Crippen LogP contribution is 2.32. The molecule has 32 heavy (non-hydrogen) atoms. The summed E-state index contributed by atoms with van der Waals surface area (Å²) in [5.41, 5.74) is 7.92. The van der Waals surface area contributed by atoms with Crippen molar-refractivity contribution in [3.05, 3.63) is 64.4 Å². The zero-order chi connectivity index (χ0) is 22.7. The minimum Gasteiger partial charge on any atom is -0.459 e. The van der Waals surface area contributed by atoms with E-state index in [9.17, 15) is 14.4 Å². The molecule has 0 atom stereocenters. The molecular weight excluding hydrogens is 428 g/mol. The van der Waals surface area contributed by atoms with Gasteiger partial charge in [-0.2, -0.15) is 0 Å². The van der Waals surface area contributed by atoms with Crippen LogP contribution in [0.3, 0.4) is 0 Å². The summed E-state index contributed by atoms with van der Waals surface area (Å²) in [6.45, 7) is 3.58. The molecule has 1 saturated heterocycles. The predicted molar refractivity (Wildman–Crippen MR) is 125 cm³/mol. The summed E-state index contributed by atoms with van der Waals surface area (Å²) in [6, 6.07) is 10.1. The Morgan fingerprint density at radius 2 is 1.81 bits per heavy atom. The number of primary amides is 1. The number of anilines is 3. The van der Waals surface area contributed by atoms with Gasteiger partial charge in [-0.1, -0.05) is 0 Å². The van der Waals surface area contributed by atoms with E-state index in [4.69, 9.17) is 10.2 Å². The smallest absolute Gasteiger partial charge is 0.291 e. The van der Waals surface area contributed by atoms with Gasteiger partial charge in [-0.3, -0.25) is 14.4 Å². The number of thiophene rings is 1. The molecule has 0 spiro atoms. The molecular formula is C23H24N4O4S. The van der Waals surface area contributed by atoms with E-state index in [0.717, 1.165) is 37.2 Å². The molecule has 0 saturated carbocycles. The van der Waals surface area contributed by atoms with Gasteiger partial charge in [0.25, 0.3) is 11.8 Å². The molecule has 3 heterocycles. The number of carbonyl (C=O) groups is 3. The number of amides is 3. The van der Waals surface area contributed by atoms with Gasteiger partial charge < -0.3 is 25.7 Å². The molecule has 0 aliphatic carbocycles. The number of rotatable bonds is 6. The fraction of sp³-hybridized carbons (Fsp3) is 0.261. The molecule has 4 rings (SSSR count). The largest absolute Gasteiger partial charge is 0.459 e. The fourth-order valence-corrected chi connectivity index (χ4v) is 4.69. The van der Waals surface area contributed by atoms with Gasteiger partial charge in [0.2, 0.25) is 5.91 Å². The number of nitrogens with two attached hydrogens (primary N) is 1. The van der Waals surface area contributed by atoms with Crippen LogP contribution in [0.25, 0.3) is 0 Å². The minimum atomic E-state index is -0.555. The van der Waals surface area contributed by atoms with Crippen molar-refractivity contribution in [1.29, 1.82) is 0 Å². The number of aryl methyl sites for hydroxylation is 1. The molecule has 3 amide bonds. The van der Waals surface area contributed by atoms with E-state index < -0.39 is 5.91 Å². The summed E-state index contributed by atoms with van der Waals surface area (Å²) in [6.07, 6.45) is 4.76. The van der Waals surface area contributed by atoms with Crippen molar-refractivity contribution >= 4 is 45.4 Å². The molecule has 166 valence electrons. The summed E-state index contributed by atoms with van der Waals surface area (Å²) < 4.78 is 5.10. The van der Waals surface area contributed by atoms with Gasteiger partial charge in [-0.15, -0.1) is 11.3 Å². The van der Waals surface area contributed by atoms with Gasteiger partial charge in [0.15, 0.2) is 5.76 Å². The summed E-state index contributed by atoms with van der Waals surface area (Å²) in [7, 11) is 0. The van der Waals surface area contributed by atoms with Gasteiger partial charge in [-0.25, -0.2) is 0 Å². The number of nitrogens with one attached hydrogen (secondary N) is 2. The number of benzene rings is 1. The second-order valence-electron chi connectivity index (χ2n) is 7.65. The van der Waals surface area contributed by atoms with Crippen molar-refractivity contribution in [2.45, 2.75) is 26.2 Å². The first-order valence-corrected chi connectivity index (χ1v) is 11.2. The first-order valence-electron chi connectivity index (χ1n) is 10.4. The van der Waals surface area contributed by atoms with Crippen LogP contribution >= 0.6 is 11.3 Å². The van der Waals surface area contributed by atoms with Crippen molar-refractivity contribution < 1.29 is 18.8 Å². The van der Waals surface area contributed by atoms with E-state index in [1.165, 1.54) is 24.0 Å². The third-order valence-corrected chi connectivity index (χ3v) is 6.48. The van der Waals surface area contributed by atoms with Crippen LogP contribution in [0.4, 0.5) is 16.4 Å². The zero-order valence-corrected chi connectivity index (χ0v) is 18.5. The van der Waals surface area contributed by atoms with Crippen LogP contribution in [0.15, 0.2) is 47.1 Å². The van der Waals surface area contributed by atoms with Crippen LogP contribution < -0.4 is 21.3 Å². The van der Waals surface area contributed by atoms with E-state index in [1.807, 2.05) is 6.07 Å². The first kappa shape index (κ1) is 21.6. The van der Waals surface area contributed by atoms with Gasteiger partial charge >= 0.3 is 0 Å². The van der Waals surface area contributed by atoms with Crippen LogP contribution in [-0.4, -0.2) is 30.8 Å². The molecule has 8 nitrogen and oxygen atoms in total. The Morgan fingerprint density at radius 1 is 1.03 bits per heavy atom. The van der Waals surface area contributed by atoms with Gasteiger partial charge in [0, 0.05) is 18.7 Å². The Morgan fingerprint density at radius 3 is 2.50 bits per heavy atom. The number of nitrogens with zero attached hydrogens (tertiary/aromatic N) is 1. The molecule has 0 bridgehead atoms. The Hall–Kier alpha value is -3.59. The molecule has 0 radical (unpaired) electrons. The lowest BCUT2D eigenvalue weighted by Gasteiger charge is -2.30. The molecule has 1 aliphatic rings. The van der Waals surface area contributed by atoms with Crippen molar-refractivity contribution in [1.82, 2.24) is 0 Å². The first-order chi connectivity index (χ1) is 15.4. The second kappa shape index (κ2) is 9.27. The van der Waals surface area contributed by atoms with E-state index in [1.54, 1.807) is 37.3 Å². The number of furan rings is 1. The van der Waals surface area contributed by atoms with E-state index in [0.29, 0.717) is 21.1 Å². The monoisotopic (exact) mass is 452 g/mol. The van der Waals surface area contributed by atoms with Crippen LogP contribution in [-0.2, 0) is 0 Å². The van der Waals surface area contributed by atoms with Gasteiger partial charge in [-0.05, 0) is 68.1 Å². The van der Waals surface area contributed by atoms with Crippen molar-refractivity contribution in [3.8, 4) is 0 Å². The van der Waals surface area contributed by atoms with E-state index in [-0.39, 0.29) is 17.6 Å².